The Morgan fingerprint density at radius 1 is 1.16 bits per heavy atom. The van der Waals surface area contributed by atoms with Crippen LogP contribution in [0.25, 0.3) is 16.6 Å². The van der Waals surface area contributed by atoms with Crippen molar-refractivity contribution in [2.24, 2.45) is 0 Å². The molecule has 0 fully saturated rings. The Kier molecular flexibility index (Phi) is 6.39. The van der Waals surface area contributed by atoms with E-state index >= 15 is 0 Å². The molecule has 2 aromatic heterocycles. The summed E-state index contributed by atoms with van der Waals surface area (Å²) in [5.41, 5.74) is 0.940. The lowest BCUT2D eigenvalue weighted by Crippen LogP contribution is -2.39. The second-order valence-electron chi connectivity index (χ2n) is 7.25. The minimum absolute atomic E-state index is 0.203. The molecule has 0 aliphatic carbocycles. The lowest BCUT2D eigenvalue weighted by molar-refractivity contribution is 0.0574. The van der Waals surface area contributed by atoms with Crippen LogP contribution in [-0.2, 0) is 4.74 Å². The minimum atomic E-state index is -0.560. The number of rotatable bonds is 7. The zero-order valence-corrected chi connectivity index (χ0v) is 18.5. The molecular weight excluding hydrogens is 430 g/mol. The number of ether oxygens (including phenoxy) is 1. The molecule has 0 aliphatic heterocycles. The first-order chi connectivity index (χ1) is 15.5. The molecule has 2 aromatic carbocycles. The predicted octanol–water partition coefficient (Wildman–Crippen LogP) is 4.48. The van der Waals surface area contributed by atoms with Crippen molar-refractivity contribution in [2.45, 2.75) is 13.0 Å². The molecule has 0 bridgehead atoms. The second kappa shape index (κ2) is 9.38. The van der Waals surface area contributed by atoms with Crippen molar-refractivity contribution in [3.63, 3.8) is 0 Å². The number of furan rings is 1. The van der Waals surface area contributed by atoms with E-state index in [9.17, 15) is 9.59 Å². The summed E-state index contributed by atoms with van der Waals surface area (Å²) in [4.78, 5) is 33.1. The third kappa shape index (κ3) is 4.17. The molecule has 0 saturated carbocycles. The number of para-hydroxylation sites is 1. The van der Waals surface area contributed by atoms with Crippen molar-refractivity contribution in [1.29, 1.82) is 0 Å². The summed E-state index contributed by atoms with van der Waals surface area (Å²) < 4.78 is 12.1. The van der Waals surface area contributed by atoms with Crippen LogP contribution in [0.15, 0.2) is 76.1 Å². The highest BCUT2D eigenvalue weighted by Crippen LogP contribution is 2.25. The molecule has 1 unspecified atom stereocenters. The average molecular weight is 452 g/mol. The van der Waals surface area contributed by atoms with Gasteiger partial charge in [-0.3, -0.25) is 14.2 Å². The second-order valence-corrected chi connectivity index (χ2v) is 7.69. The number of amides is 1. The lowest BCUT2D eigenvalue weighted by Gasteiger charge is -2.29. The topological polar surface area (TPSA) is 77.6 Å². The van der Waals surface area contributed by atoms with Gasteiger partial charge in [0.1, 0.15) is 5.82 Å². The Hall–Kier alpha value is -3.42. The van der Waals surface area contributed by atoms with Gasteiger partial charge in [-0.25, -0.2) is 4.98 Å². The van der Waals surface area contributed by atoms with Gasteiger partial charge in [0.25, 0.3) is 11.5 Å². The monoisotopic (exact) mass is 451 g/mol. The molecule has 7 nitrogen and oxygen atoms in total. The van der Waals surface area contributed by atoms with Crippen LogP contribution in [-0.4, -0.2) is 40.6 Å². The van der Waals surface area contributed by atoms with E-state index in [1.165, 1.54) is 10.8 Å². The summed E-state index contributed by atoms with van der Waals surface area (Å²) in [6.45, 7) is 2.44. The van der Waals surface area contributed by atoms with Crippen molar-refractivity contribution >= 4 is 28.4 Å². The summed E-state index contributed by atoms with van der Waals surface area (Å²) >= 11 is 6.06. The van der Waals surface area contributed by atoms with Gasteiger partial charge in [0.15, 0.2) is 5.76 Å². The number of carbonyl (C=O) groups excluding carboxylic acids is 1. The number of methoxy groups -OCH3 is 1. The molecule has 0 N–H and O–H groups in total. The fourth-order valence-electron chi connectivity index (χ4n) is 3.61. The van der Waals surface area contributed by atoms with Crippen molar-refractivity contribution in [1.82, 2.24) is 14.5 Å². The van der Waals surface area contributed by atoms with Crippen LogP contribution in [0.2, 0.25) is 5.02 Å². The number of aromatic nitrogens is 2. The number of halogens is 1. The van der Waals surface area contributed by atoms with Crippen LogP contribution >= 0.6 is 11.6 Å². The van der Waals surface area contributed by atoms with Gasteiger partial charge in [-0.2, -0.15) is 0 Å². The number of nitrogens with zero attached hydrogens (tertiary/aromatic N) is 3. The smallest absolute Gasteiger partial charge is 0.290 e. The van der Waals surface area contributed by atoms with Gasteiger partial charge in [-0.05, 0) is 55.5 Å². The van der Waals surface area contributed by atoms with Crippen molar-refractivity contribution in [3.05, 3.63) is 93.9 Å². The van der Waals surface area contributed by atoms with Gasteiger partial charge < -0.3 is 14.1 Å². The molecule has 164 valence electrons. The molecule has 4 rings (SSSR count). The van der Waals surface area contributed by atoms with Crippen LogP contribution in [0.1, 0.15) is 29.3 Å². The number of hydrogen-bond donors (Lipinski definition) is 0. The molecule has 32 heavy (non-hydrogen) atoms. The van der Waals surface area contributed by atoms with Gasteiger partial charge in [0.05, 0.1) is 35.5 Å². The molecule has 0 saturated heterocycles. The van der Waals surface area contributed by atoms with Crippen molar-refractivity contribution in [3.8, 4) is 5.69 Å². The highest BCUT2D eigenvalue weighted by atomic mass is 35.5. The van der Waals surface area contributed by atoms with Crippen molar-refractivity contribution < 1.29 is 13.9 Å². The highest BCUT2D eigenvalue weighted by Gasteiger charge is 2.28. The first-order valence-corrected chi connectivity index (χ1v) is 10.5. The average Bonchev–Trinajstić information content (AvgIpc) is 3.35. The maximum atomic E-state index is 13.5. The molecule has 4 aromatic rings. The fourth-order valence-corrected chi connectivity index (χ4v) is 3.74. The molecule has 0 spiro atoms. The SMILES string of the molecule is COCCN(C(=O)c1ccco1)C(C)c1nc2ccccc2c(=O)n1-c1ccc(Cl)cc1. The van der Waals surface area contributed by atoms with E-state index < -0.39 is 6.04 Å². The number of carbonyl (C=O) groups is 1. The first-order valence-electron chi connectivity index (χ1n) is 10.1. The van der Waals surface area contributed by atoms with Crippen LogP contribution < -0.4 is 5.56 Å². The summed E-state index contributed by atoms with van der Waals surface area (Å²) in [6.07, 6.45) is 1.45. The Balaban J connectivity index is 1.90. The fraction of sp³-hybridized carbons (Fsp3) is 0.208. The molecule has 1 atom stereocenters. The number of benzene rings is 2. The molecule has 0 radical (unpaired) electrons. The van der Waals surface area contributed by atoms with Gasteiger partial charge in [-0.15, -0.1) is 0 Å². The van der Waals surface area contributed by atoms with Gasteiger partial charge in [0, 0.05) is 18.7 Å². The summed E-state index contributed by atoms with van der Waals surface area (Å²) in [5.74, 6) is 0.311. The molecule has 1 amide bonds. The Morgan fingerprint density at radius 2 is 1.91 bits per heavy atom. The first kappa shape index (κ1) is 21.8. The molecular formula is C24H22ClN3O4. The number of hydrogen-bond acceptors (Lipinski definition) is 5. The third-order valence-corrected chi connectivity index (χ3v) is 5.51. The van der Waals surface area contributed by atoms with Gasteiger partial charge in [0.2, 0.25) is 0 Å². The predicted molar refractivity (Wildman–Crippen MR) is 122 cm³/mol. The molecule has 2 heterocycles. The van der Waals surface area contributed by atoms with Crippen molar-refractivity contribution in [2.75, 3.05) is 20.3 Å². The zero-order chi connectivity index (χ0) is 22.7. The zero-order valence-electron chi connectivity index (χ0n) is 17.7. The van der Waals surface area contributed by atoms with E-state index in [1.54, 1.807) is 66.6 Å². The summed E-state index contributed by atoms with van der Waals surface area (Å²) in [6, 6.07) is 16.8. The minimum Gasteiger partial charge on any atom is -0.459 e. The molecule has 8 heteroatoms. The molecule has 0 aliphatic rings. The quantitative estimate of drug-likeness (QED) is 0.414. The van der Waals surface area contributed by atoms with Crippen LogP contribution in [0.4, 0.5) is 0 Å². The normalized spacial score (nSPS) is 12.1. The maximum absolute atomic E-state index is 13.5. The van der Waals surface area contributed by atoms with Gasteiger partial charge in [-0.1, -0.05) is 23.7 Å². The van der Waals surface area contributed by atoms with E-state index in [0.29, 0.717) is 40.6 Å². The van der Waals surface area contributed by atoms with Gasteiger partial charge >= 0.3 is 0 Å². The maximum Gasteiger partial charge on any atom is 0.290 e. The lowest BCUT2D eigenvalue weighted by atomic mass is 10.1. The Morgan fingerprint density at radius 3 is 2.59 bits per heavy atom. The van der Waals surface area contributed by atoms with E-state index in [2.05, 4.69) is 0 Å². The third-order valence-electron chi connectivity index (χ3n) is 5.26. The standard InChI is InChI=1S/C24H22ClN3O4/c1-16(27(13-15-31-2)24(30)21-8-5-14-32-21)22-26-20-7-4-3-6-19(20)23(29)28(22)18-11-9-17(25)10-12-18/h3-12,14,16H,13,15H2,1-2H3. The largest absolute Gasteiger partial charge is 0.459 e. The van der Waals surface area contributed by atoms with E-state index in [1.807, 2.05) is 13.0 Å². The van der Waals surface area contributed by atoms with E-state index in [-0.39, 0.29) is 17.2 Å². The van der Waals surface area contributed by atoms with Crippen LogP contribution in [0, 0.1) is 0 Å². The summed E-state index contributed by atoms with van der Waals surface area (Å²) in [7, 11) is 1.57. The van der Waals surface area contributed by atoms with E-state index in [4.69, 9.17) is 25.7 Å². The van der Waals surface area contributed by atoms with Crippen LogP contribution in [0.3, 0.4) is 0 Å². The number of fused-ring (bicyclic) bond motifs is 1. The van der Waals surface area contributed by atoms with E-state index in [0.717, 1.165) is 0 Å². The summed E-state index contributed by atoms with van der Waals surface area (Å²) in [5, 5.41) is 1.04. The van der Waals surface area contributed by atoms with Crippen LogP contribution in [0.5, 0.6) is 0 Å². The highest BCUT2D eigenvalue weighted by molar-refractivity contribution is 6.30. The Labute approximate surface area is 189 Å². The Bertz CT molecular complexity index is 1280.